The molecule has 0 atom stereocenters. The molecule has 0 saturated carbocycles. The molecule has 0 aliphatic carbocycles. The van der Waals surface area contributed by atoms with Crippen molar-refractivity contribution in [3.05, 3.63) is 81.2 Å². The maximum Gasteiger partial charge on any atom is 0.341 e. The lowest BCUT2D eigenvalue weighted by Crippen LogP contribution is -2.21. The normalized spacial score (nSPS) is 10.3. The van der Waals surface area contributed by atoms with Gasteiger partial charge in [0.1, 0.15) is 10.6 Å². The van der Waals surface area contributed by atoms with Gasteiger partial charge in [-0.1, -0.05) is 36.4 Å². The smallest absolute Gasteiger partial charge is 0.341 e. The van der Waals surface area contributed by atoms with Crippen LogP contribution in [0.15, 0.2) is 60.0 Å². The topological polar surface area (TPSA) is 125 Å². The molecule has 9 nitrogen and oxygen atoms in total. The summed E-state index contributed by atoms with van der Waals surface area (Å²) in [6, 6.07) is 14.1. The van der Waals surface area contributed by atoms with E-state index >= 15 is 0 Å². The Kier molecular flexibility index (Phi) is 7.29. The van der Waals surface area contributed by atoms with Crippen molar-refractivity contribution in [3.8, 4) is 11.1 Å². The quantitative estimate of drug-likeness (QED) is 0.306. The van der Waals surface area contributed by atoms with Crippen LogP contribution < -0.4 is 5.32 Å². The zero-order valence-electron chi connectivity index (χ0n) is 16.9. The first-order chi connectivity index (χ1) is 15.4. The highest BCUT2D eigenvalue weighted by Gasteiger charge is 2.23. The Bertz CT molecular complexity index is 1160. The fraction of sp³-hybridized carbons (Fsp3) is 0.136. The number of hydrogen-bond donors (Lipinski definition) is 1. The Morgan fingerprint density at radius 3 is 2.47 bits per heavy atom. The Hall–Kier alpha value is -4.05. The van der Waals surface area contributed by atoms with Gasteiger partial charge in [-0.25, -0.2) is 9.59 Å². The molecule has 1 N–H and O–H groups in total. The fourth-order valence-corrected chi connectivity index (χ4v) is 3.78. The van der Waals surface area contributed by atoms with E-state index < -0.39 is 29.4 Å². The molecule has 1 amide bonds. The third-order valence-electron chi connectivity index (χ3n) is 4.24. The lowest BCUT2D eigenvalue weighted by Gasteiger charge is -2.09. The van der Waals surface area contributed by atoms with Gasteiger partial charge in [-0.2, -0.15) is 0 Å². The number of ether oxygens (including phenoxy) is 2. The summed E-state index contributed by atoms with van der Waals surface area (Å²) < 4.78 is 10.1. The van der Waals surface area contributed by atoms with E-state index in [0.717, 1.165) is 23.0 Å². The van der Waals surface area contributed by atoms with Gasteiger partial charge in [0.05, 0.1) is 17.1 Å². The molecule has 0 fully saturated rings. The number of nitro groups is 1. The van der Waals surface area contributed by atoms with Crippen molar-refractivity contribution in [3.63, 3.8) is 0 Å². The summed E-state index contributed by atoms with van der Waals surface area (Å²) in [4.78, 5) is 47.2. The first kappa shape index (κ1) is 22.6. The van der Waals surface area contributed by atoms with Crippen molar-refractivity contribution in [1.29, 1.82) is 0 Å². The number of carbonyl (C=O) groups is 3. The lowest BCUT2D eigenvalue weighted by atomic mass is 10.0. The number of benzene rings is 2. The van der Waals surface area contributed by atoms with Crippen LogP contribution in [0.2, 0.25) is 0 Å². The van der Waals surface area contributed by atoms with Crippen LogP contribution in [0.1, 0.15) is 27.6 Å². The molecule has 0 aliphatic heterocycles. The minimum absolute atomic E-state index is 0.0540. The average molecular weight is 454 g/mol. The first-order valence-corrected chi connectivity index (χ1v) is 10.3. The maximum absolute atomic E-state index is 12.5. The molecule has 10 heteroatoms. The number of esters is 2. The molecule has 0 aliphatic rings. The molecule has 0 radical (unpaired) electrons. The monoisotopic (exact) mass is 454 g/mol. The van der Waals surface area contributed by atoms with Gasteiger partial charge in [-0.3, -0.25) is 14.9 Å². The standard InChI is InChI=1S/C22H18N2O7S/c1-2-30-22(27)19-17(14-7-4-3-5-8-14)13-32-20(19)23-18(25)12-31-21(26)15-9-6-10-16(11-15)24(28)29/h3-11,13H,2,12H2,1H3,(H,23,25). The molecular weight excluding hydrogens is 436 g/mol. The predicted molar refractivity (Wildman–Crippen MR) is 118 cm³/mol. The van der Waals surface area contributed by atoms with Crippen molar-refractivity contribution < 1.29 is 28.8 Å². The van der Waals surface area contributed by atoms with Crippen molar-refractivity contribution in [2.75, 3.05) is 18.5 Å². The minimum Gasteiger partial charge on any atom is -0.462 e. The number of thiophene rings is 1. The minimum atomic E-state index is -0.884. The third-order valence-corrected chi connectivity index (χ3v) is 5.13. The largest absolute Gasteiger partial charge is 0.462 e. The number of nitro benzene ring substituents is 1. The summed E-state index contributed by atoms with van der Waals surface area (Å²) in [6.07, 6.45) is 0. The van der Waals surface area contributed by atoms with Crippen LogP contribution in [0.3, 0.4) is 0 Å². The van der Waals surface area contributed by atoms with Gasteiger partial charge in [0.15, 0.2) is 6.61 Å². The maximum atomic E-state index is 12.5. The van der Waals surface area contributed by atoms with Gasteiger partial charge < -0.3 is 14.8 Å². The second-order valence-electron chi connectivity index (χ2n) is 6.37. The van der Waals surface area contributed by atoms with Gasteiger partial charge >= 0.3 is 11.9 Å². The molecule has 2 aromatic carbocycles. The second-order valence-corrected chi connectivity index (χ2v) is 7.25. The summed E-state index contributed by atoms with van der Waals surface area (Å²) in [5, 5.41) is 15.4. The first-order valence-electron chi connectivity index (χ1n) is 9.46. The summed E-state index contributed by atoms with van der Waals surface area (Å²) in [6.45, 7) is 1.21. The summed E-state index contributed by atoms with van der Waals surface area (Å²) in [5.41, 5.74) is 1.28. The van der Waals surface area contributed by atoms with Crippen LogP contribution in [0.25, 0.3) is 11.1 Å². The Labute approximate surface area is 186 Å². The number of nitrogens with one attached hydrogen (secondary N) is 1. The van der Waals surface area contributed by atoms with Crippen LogP contribution in [0.4, 0.5) is 10.7 Å². The highest BCUT2D eigenvalue weighted by Crippen LogP contribution is 2.36. The van der Waals surface area contributed by atoms with Gasteiger partial charge in [0, 0.05) is 23.1 Å². The Morgan fingerprint density at radius 2 is 1.78 bits per heavy atom. The molecule has 1 aromatic heterocycles. The zero-order valence-corrected chi connectivity index (χ0v) is 17.7. The van der Waals surface area contributed by atoms with Gasteiger partial charge in [-0.05, 0) is 18.6 Å². The number of rotatable bonds is 8. The molecule has 0 spiro atoms. The van der Waals surface area contributed by atoms with Crippen molar-refractivity contribution in [1.82, 2.24) is 0 Å². The molecule has 1 heterocycles. The highest BCUT2D eigenvalue weighted by atomic mass is 32.1. The number of anilines is 1. The van der Waals surface area contributed by atoms with E-state index in [1.54, 1.807) is 12.3 Å². The summed E-state index contributed by atoms with van der Waals surface area (Å²) in [5.74, 6) is -2.14. The zero-order chi connectivity index (χ0) is 23.1. The van der Waals surface area contributed by atoms with Gasteiger partial charge in [-0.15, -0.1) is 11.3 Å². The van der Waals surface area contributed by atoms with Crippen LogP contribution in [0, 0.1) is 10.1 Å². The molecular formula is C22H18N2O7S. The predicted octanol–water partition coefficient (Wildman–Crippen LogP) is 4.30. The van der Waals surface area contributed by atoms with Crippen LogP contribution in [-0.4, -0.2) is 36.0 Å². The number of hydrogen-bond acceptors (Lipinski definition) is 8. The second kappa shape index (κ2) is 10.3. The van der Waals surface area contributed by atoms with E-state index in [9.17, 15) is 24.5 Å². The van der Waals surface area contributed by atoms with Gasteiger partial charge in [0.2, 0.25) is 0 Å². The number of amides is 1. The van der Waals surface area contributed by atoms with Crippen molar-refractivity contribution in [2.45, 2.75) is 6.92 Å². The Morgan fingerprint density at radius 1 is 1.03 bits per heavy atom. The molecule has 3 aromatic rings. The average Bonchev–Trinajstić information content (AvgIpc) is 3.21. The lowest BCUT2D eigenvalue weighted by molar-refractivity contribution is -0.384. The Balaban J connectivity index is 1.73. The van der Waals surface area contributed by atoms with Crippen LogP contribution >= 0.6 is 11.3 Å². The van der Waals surface area contributed by atoms with Crippen molar-refractivity contribution >= 4 is 39.9 Å². The van der Waals surface area contributed by atoms with E-state index in [4.69, 9.17) is 9.47 Å². The fourth-order valence-electron chi connectivity index (χ4n) is 2.81. The van der Waals surface area contributed by atoms with Gasteiger partial charge in [0.25, 0.3) is 11.6 Å². The molecule has 0 bridgehead atoms. The van der Waals surface area contributed by atoms with Crippen LogP contribution in [-0.2, 0) is 14.3 Å². The van der Waals surface area contributed by atoms with Crippen molar-refractivity contribution in [2.24, 2.45) is 0 Å². The molecule has 3 rings (SSSR count). The highest BCUT2D eigenvalue weighted by molar-refractivity contribution is 7.15. The molecule has 0 saturated heterocycles. The number of carbonyl (C=O) groups excluding carboxylic acids is 3. The molecule has 32 heavy (non-hydrogen) atoms. The SMILES string of the molecule is CCOC(=O)c1c(-c2ccccc2)csc1NC(=O)COC(=O)c1cccc([N+](=O)[O-])c1. The summed E-state index contributed by atoms with van der Waals surface area (Å²) >= 11 is 1.14. The molecule has 0 unspecified atom stereocenters. The molecule has 164 valence electrons. The number of nitrogens with zero attached hydrogens (tertiary/aromatic N) is 1. The van der Waals surface area contributed by atoms with E-state index in [2.05, 4.69) is 5.32 Å². The van der Waals surface area contributed by atoms with E-state index in [1.165, 1.54) is 18.2 Å². The third kappa shape index (κ3) is 5.35. The number of non-ortho nitro benzene ring substituents is 1. The van der Waals surface area contributed by atoms with E-state index in [1.807, 2.05) is 30.3 Å². The summed E-state index contributed by atoms with van der Waals surface area (Å²) in [7, 11) is 0. The van der Waals surface area contributed by atoms with Crippen LogP contribution in [0.5, 0.6) is 0 Å². The van der Waals surface area contributed by atoms with E-state index in [-0.39, 0.29) is 28.4 Å². The van der Waals surface area contributed by atoms with E-state index in [0.29, 0.717) is 5.56 Å².